The maximum absolute atomic E-state index is 12.3. The number of amides is 1. The Morgan fingerprint density at radius 3 is 2.59 bits per heavy atom. The van der Waals surface area contributed by atoms with E-state index in [2.05, 4.69) is 44.9 Å². The molecule has 2 aromatic carbocycles. The van der Waals surface area contributed by atoms with Gasteiger partial charge in [-0.1, -0.05) is 58.2 Å². The van der Waals surface area contributed by atoms with Crippen molar-refractivity contribution in [2.45, 2.75) is 25.1 Å². The van der Waals surface area contributed by atoms with E-state index in [4.69, 9.17) is 0 Å². The van der Waals surface area contributed by atoms with Crippen molar-refractivity contribution in [3.05, 3.63) is 53.1 Å². The number of carbonyl (C=O) groups is 1. The number of benzene rings is 2. The Labute approximate surface area is 180 Å². The van der Waals surface area contributed by atoms with Gasteiger partial charge in [-0.25, -0.2) is 4.98 Å². The van der Waals surface area contributed by atoms with Crippen LogP contribution in [0.3, 0.4) is 0 Å². The first-order valence-electron chi connectivity index (χ1n) is 8.94. The topological polar surface area (TPSA) is 79.8 Å². The van der Waals surface area contributed by atoms with Crippen molar-refractivity contribution in [3.8, 4) is 0 Å². The molecule has 0 aliphatic heterocycles. The van der Waals surface area contributed by atoms with Gasteiger partial charge in [-0.2, -0.15) is 0 Å². The van der Waals surface area contributed by atoms with E-state index in [1.54, 1.807) is 0 Å². The first-order valence-corrected chi connectivity index (χ1v) is 11.6. The number of thioether (sulfide) groups is 1. The number of aryl methyl sites for hydroxylation is 3. The van der Waals surface area contributed by atoms with E-state index < -0.39 is 0 Å². The Kier molecular flexibility index (Phi) is 5.79. The molecule has 0 saturated carbocycles. The van der Waals surface area contributed by atoms with E-state index in [1.807, 2.05) is 38.1 Å². The van der Waals surface area contributed by atoms with E-state index in [1.165, 1.54) is 45.6 Å². The van der Waals surface area contributed by atoms with Crippen LogP contribution < -0.4 is 10.6 Å². The van der Waals surface area contributed by atoms with Gasteiger partial charge in [0.1, 0.15) is 0 Å². The normalized spacial score (nSPS) is 11.0. The van der Waals surface area contributed by atoms with Gasteiger partial charge >= 0.3 is 0 Å². The third-order valence-electron chi connectivity index (χ3n) is 4.11. The van der Waals surface area contributed by atoms with Crippen LogP contribution in [0.25, 0.3) is 10.2 Å². The number of nitrogens with zero attached hydrogens (tertiary/aromatic N) is 3. The number of thiazole rings is 1. The molecule has 2 heterocycles. The molecule has 0 fully saturated rings. The predicted octanol–water partition coefficient (Wildman–Crippen LogP) is 5.55. The number of hydrogen-bond acceptors (Lipinski definition) is 8. The summed E-state index contributed by atoms with van der Waals surface area (Å²) >= 11 is 4.28. The molecule has 0 aliphatic rings. The summed E-state index contributed by atoms with van der Waals surface area (Å²) in [6.07, 6.45) is 0. The summed E-state index contributed by atoms with van der Waals surface area (Å²) in [7, 11) is 0. The van der Waals surface area contributed by atoms with Crippen LogP contribution in [0, 0.1) is 20.8 Å². The second-order valence-corrected chi connectivity index (χ2v) is 9.88. The van der Waals surface area contributed by atoms with Gasteiger partial charge in [0, 0.05) is 5.69 Å². The van der Waals surface area contributed by atoms with Crippen molar-refractivity contribution in [3.63, 3.8) is 0 Å². The van der Waals surface area contributed by atoms with Gasteiger partial charge < -0.3 is 10.6 Å². The maximum Gasteiger partial charge on any atom is 0.236 e. The zero-order valence-electron chi connectivity index (χ0n) is 16.1. The number of hydrogen-bond donors (Lipinski definition) is 2. The molecule has 0 bridgehead atoms. The van der Waals surface area contributed by atoms with Crippen LogP contribution in [0.1, 0.15) is 16.7 Å². The zero-order valence-corrected chi connectivity index (χ0v) is 18.6. The molecule has 0 aliphatic carbocycles. The quantitative estimate of drug-likeness (QED) is 0.382. The fourth-order valence-electron chi connectivity index (χ4n) is 2.79. The molecule has 6 nitrogen and oxygen atoms in total. The SMILES string of the molecule is Cc1ccc(Nc2nnc(SCC(=O)Nc3nc4c(C)cc(C)cc4s3)s2)cc1. The van der Waals surface area contributed by atoms with Crippen molar-refractivity contribution < 1.29 is 4.79 Å². The molecule has 4 rings (SSSR count). The van der Waals surface area contributed by atoms with Gasteiger partial charge in [0.2, 0.25) is 11.0 Å². The Bertz CT molecular complexity index is 1170. The molecule has 148 valence electrons. The van der Waals surface area contributed by atoms with Crippen molar-refractivity contribution in [2.24, 2.45) is 0 Å². The number of anilines is 3. The first-order chi connectivity index (χ1) is 14.0. The average molecular weight is 442 g/mol. The van der Waals surface area contributed by atoms with Gasteiger partial charge in [0.05, 0.1) is 16.0 Å². The summed E-state index contributed by atoms with van der Waals surface area (Å²) in [6.45, 7) is 6.14. The van der Waals surface area contributed by atoms with E-state index in [0.29, 0.717) is 10.3 Å². The first kappa shape index (κ1) is 19.8. The number of rotatable bonds is 6. The van der Waals surface area contributed by atoms with Crippen molar-refractivity contribution in [1.29, 1.82) is 0 Å². The third-order valence-corrected chi connectivity index (χ3v) is 7.00. The summed E-state index contributed by atoms with van der Waals surface area (Å²) < 4.78 is 1.83. The second-order valence-electron chi connectivity index (χ2n) is 6.65. The molecule has 9 heteroatoms. The summed E-state index contributed by atoms with van der Waals surface area (Å²) in [5.74, 6) is 0.152. The molecule has 4 aromatic rings. The van der Waals surface area contributed by atoms with Crippen LogP contribution in [-0.2, 0) is 4.79 Å². The minimum Gasteiger partial charge on any atom is -0.330 e. The van der Waals surface area contributed by atoms with Crippen molar-refractivity contribution in [1.82, 2.24) is 15.2 Å². The van der Waals surface area contributed by atoms with Gasteiger partial charge in [-0.3, -0.25) is 4.79 Å². The highest BCUT2D eigenvalue weighted by molar-refractivity contribution is 8.01. The Morgan fingerprint density at radius 1 is 1.00 bits per heavy atom. The van der Waals surface area contributed by atoms with E-state index in [9.17, 15) is 4.79 Å². The lowest BCUT2D eigenvalue weighted by Crippen LogP contribution is -2.13. The van der Waals surface area contributed by atoms with Crippen LogP contribution in [0.15, 0.2) is 40.7 Å². The van der Waals surface area contributed by atoms with Crippen LogP contribution in [0.2, 0.25) is 0 Å². The molecule has 29 heavy (non-hydrogen) atoms. The monoisotopic (exact) mass is 441 g/mol. The van der Waals surface area contributed by atoms with Crippen LogP contribution >= 0.6 is 34.4 Å². The number of fused-ring (bicyclic) bond motifs is 1. The maximum atomic E-state index is 12.3. The third kappa shape index (κ3) is 4.92. The fraction of sp³-hybridized carbons (Fsp3) is 0.200. The van der Waals surface area contributed by atoms with E-state index in [-0.39, 0.29) is 11.7 Å². The lowest BCUT2D eigenvalue weighted by atomic mass is 10.1. The molecule has 2 N–H and O–H groups in total. The standard InChI is InChI=1S/C20H19N5OS3/c1-11-4-6-14(7-5-11)21-19-24-25-20(29-19)27-10-16(26)22-18-23-17-13(3)8-12(2)9-15(17)28-18/h4-9H,10H2,1-3H3,(H,21,24)(H,22,23,26). The largest absolute Gasteiger partial charge is 0.330 e. The molecule has 0 unspecified atom stereocenters. The summed E-state index contributed by atoms with van der Waals surface area (Å²) in [5.41, 5.74) is 5.42. The molecule has 0 spiro atoms. The second kappa shape index (κ2) is 8.48. The number of aromatic nitrogens is 3. The minimum absolute atomic E-state index is 0.105. The van der Waals surface area contributed by atoms with E-state index >= 15 is 0 Å². The molecular formula is C20H19N5OS3. The lowest BCUT2D eigenvalue weighted by molar-refractivity contribution is -0.113. The van der Waals surface area contributed by atoms with Crippen LogP contribution in [0.5, 0.6) is 0 Å². The zero-order chi connectivity index (χ0) is 20.4. The molecular weight excluding hydrogens is 422 g/mol. The highest BCUT2D eigenvalue weighted by Gasteiger charge is 2.12. The Morgan fingerprint density at radius 2 is 1.79 bits per heavy atom. The van der Waals surface area contributed by atoms with E-state index in [0.717, 1.165) is 25.8 Å². The van der Waals surface area contributed by atoms with Gasteiger partial charge in [-0.05, 0) is 50.1 Å². The van der Waals surface area contributed by atoms with Gasteiger partial charge in [-0.15, -0.1) is 10.2 Å². The Balaban J connectivity index is 1.33. The van der Waals surface area contributed by atoms with Gasteiger partial charge in [0.15, 0.2) is 9.47 Å². The predicted molar refractivity (Wildman–Crippen MR) is 123 cm³/mol. The van der Waals surface area contributed by atoms with Crippen molar-refractivity contribution >= 4 is 66.5 Å². The summed E-state index contributed by atoms with van der Waals surface area (Å²) in [6, 6.07) is 12.3. The van der Waals surface area contributed by atoms with Crippen LogP contribution in [0.4, 0.5) is 16.0 Å². The van der Waals surface area contributed by atoms with Crippen molar-refractivity contribution in [2.75, 3.05) is 16.4 Å². The number of carbonyl (C=O) groups excluding carboxylic acids is 1. The van der Waals surface area contributed by atoms with Gasteiger partial charge in [0.25, 0.3) is 0 Å². The molecule has 1 amide bonds. The molecule has 0 saturated heterocycles. The molecule has 2 aromatic heterocycles. The number of nitrogens with one attached hydrogen (secondary N) is 2. The minimum atomic E-state index is -0.105. The summed E-state index contributed by atoms with van der Waals surface area (Å²) in [4.78, 5) is 16.9. The van der Waals surface area contributed by atoms with Crippen LogP contribution in [-0.4, -0.2) is 26.8 Å². The lowest BCUT2D eigenvalue weighted by Gasteiger charge is -2.01. The summed E-state index contributed by atoms with van der Waals surface area (Å²) in [5, 5.41) is 15.7. The fourth-order valence-corrected chi connectivity index (χ4v) is 5.42. The average Bonchev–Trinajstić information content (AvgIpc) is 3.28. The highest BCUT2D eigenvalue weighted by Crippen LogP contribution is 2.30. The Hall–Kier alpha value is -2.49. The molecule has 0 radical (unpaired) electrons. The smallest absolute Gasteiger partial charge is 0.236 e. The molecule has 0 atom stereocenters. The highest BCUT2D eigenvalue weighted by atomic mass is 32.2.